The first kappa shape index (κ1) is 17.7. The zero-order chi connectivity index (χ0) is 17.6. The number of rotatable bonds is 6. The van der Waals surface area contributed by atoms with Crippen LogP contribution in [-0.4, -0.2) is 57.6 Å². The fourth-order valence-electron chi connectivity index (χ4n) is 2.92. The third-order valence-electron chi connectivity index (χ3n) is 4.36. The van der Waals surface area contributed by atoms with Crippen molar-refractivity contribution in [3.63, 3.8) is 0 Å². The van der Waals surface area contributed by atoms with Crippen molar-refractivity contribution in [3.8, 4) is 0 Å². The first-order valence-corrected chi connectivity index (χ1v) is 9.33. The fraction of sp³-hybridized carbons (Fsp3) is 0.389. The molecule has 1 fully saturated rings. The molecular weight excluding hydrogens is 334 g/mol. The quantitative estimate of drug-likeness (QED) is 0.796. The molecule has 2 aromatic rings. The number of hydrogen-bond acceptors (Lipinski definition) is 6. The summed E-state index contributed by atoms with van der Waals surface area (Å²) in [7, 11) is 2.05. The molecule has 0 spiro atoms. The highest BCUT2D eigenvalue weighted by Crippen LogP contribution is 2.21. The van der Waals surface area contributed by atoms with Crippen molar-refractivity contribution in [2.24, 2.45) is 0 Å². The minimum absolute atomic E-state index is 0.199. The van der Waals surface area contributed by atoms with E-state index in [1.54, 1.807) is 24.0 Å². The highest BCUT2D eigenvalue weighted by atomic mass is 32.2. The Morgan fingerprint density at radius 1 is 1.36 bits per heavy atom. The van der Waals surface area contributed by atoms with Gasteiger partial charge in [-0.2, -0.15) is 0 Å². The summed E-state index contributed by atoms with van der Waals surface area (Å²) in [6, 6.07) is 12.0. The molecule has 132 valence electrons. The number of nitrogens with zero attached hydrogens (tertiary/aromatic N) is 4. The second-order valence-corrected chi connectivity index (χ2v) is 7.25. The number of anilines is 1. The molecule has 1 aromatic carbocycles. The maximum atomic E-state index is 12.4. The SMILES string of the molecule is CN(Cc1nccc(N)n1)C1CCN(C(=O)CSc2ccccc2)C1. The lowest BCUT2D eigenvalue weighted by Gasteiger charge is -2.24. The number of carbonyl (C=O) groups is 1. The van der Waals surface area contributed by atoms with Gasteiger partial charge in [-0.05, 0) is 31.7 Å². The van der Waals surface area contributed by atoms with Crippen molar-refractivity contribution in [1.29, 1.82) is 0 Å². The highest BCUT2D eigenvalue weighted by molar-refractivity contribution is 8.00. The Kier molecular flexibility index (Phi) is 5.88. The van der Waals surface area contributed by atoms with Crippen LogP contribution in [-0.2, 0) is 11.3 Å². The topological polar surface area (TPSA) is 75.4 Å². The third kappa shape index (κ3) is 4.93. The van der Waals surface area contributed by atoms with Crippen LogP contribution < -0.4 is 5.73 Å². The summed E-state index contributed by atoms with van der Waals surface area (Å²) in [4.78, 5) is 26.2. The van der Waals surface area contributed by atoms with Crippen LogP contribution in [0.3, 0.4) is 0 Å². The van der Waals surface area contributed by atoms with Crippen molar-refractivity contribution in [2.75, 3.05) is 31.6 Å². The zero-order valence-corrected chi connectivity index (χ0v) is 15.2. The summed E-state index contributed by atoms with van der Waals surface area (Å²) >= 11 is 1.59. The van der Waals surface area contributed by atoms with E-state index in [-0.39, 0.29) is 5.91 Å². The van der Waals surface area contributed by atoms with Gasteiger partial charge in [0.15, 0.2) is 0 Å². The van der Waals surface area contributed by atoms with Crippen molar-refractivity contribution < 1.29 is 4.79 Å². The Labute approximate surface area is 152 Å². The van der Waals surface area contributed by atoms with E-state index in [0.29, 0.717) is 30.0 Å². The first-order valence-electron chi connectivity index (χ1n) is 8.35. The van der Waals surface area contributed by atoms with Crippen LogP contribution in [0.15, 0.2) is 47.5 Å². The zero-order valence-electron chi connectivity index (χ0n) is 14.3. The van der Waals surface area contributed by atoms with E-state index in [9.17, 15) is 4.79 Å². The molecule has 1 atom stereocenters. The molecule has 1 aromatic heterocycles. The summed E-state index contributed by atoms with van der Waals surface area (Å²) in [5.74, 6) is 1.88. The normalized spacial score (nSPS) is 17.2. The molecule has 1 saturated heterocycles. The highest BCUT2D eigenvalue weighted by Gasteiger charge is 2.29. The molecule has 1 aliphatic heterocycles. The van der Waals surface area contributed by atoms with E-state index >= 15 is 0 Å². The van der Waals surface area contributed by atoms with Gasteiger partial charge >= 0.3 is 0 Å². The van der Waals surface area contributed by atoms with Gasteiger partial charge in [0.1, 0.15) is 11.6 Å². The minimum atomic E-state index is 0.199. The summed E-state index contributed by atoms with van der Waals surface area (Å²) < 4.78 is 0. The number of aromatic nitrogens is 2. The molecular formula is C18H23N5OS. The Hall–Kier alpha value is -2.12. The van der Waals surface area contributed by atoms with E-state index in [4.69, 9.17) is 5.73 Å². The van der Waals surface area contributed by atoms with Gasteiger partial charge in [0.25, 0.3) is 0 Å². The molecule has 2 N–H and O–H groups in total. The van der Waals surface area contributed by atoms with Crippen molar-refractivity contribution in [1.82, 2.24) is 19.8 Å². The smallest absolute Gasteiger partial charge is 0.232 e. The van der Waals surface area contributed by atoms with E-state index in [0.717, 1.165) is 24.4 Å². The lowest BCUT2D eigenvalue weighted by atomic mass is 10.2. The maximum Gasteiger partial charge on any atom is 0.232 e. The molecule has 0 saturated carbocycles. The number of hydrogen-bond donors (Lipinski definition) is 1. The van der Waals surface area contributed by atoms with Crippen LogP contribution in [0, 0.1) is 0 Å². The fourth-order valence-corrected chi connectivity index (χ4v) is 3.75. The third-order valence-corrected chi connectivity index (χ3v) is 5.36. The Bertz CT molecular complexity index is 712. The van der Waals surface area contributed by atoms with Crippen LogP contribution in [0.5, 0.6) is 0 Å². The minimum Gasteiger partial charge on any atom is -0.384 e. The van der Waals surface area contributed by atoms with Crippen molar-refractivity contribution >= 4 is 23.5 Å². The summed E-state index contributed by atoms with van der Waals surface area (Å²) in [6.07, 6.45) is 2.65. The average molecular weight is 357 g/mol. The number of benzene rings is 1. The Balaban J connectivity index is 1.48. The van der Waals surface area contributed by atoms with Gasteiger partial charge in [0.2, 0.25) is 5.91 Å². The maximum absolute atomic E-state index is 12.4. The molecule has 1 unspecified atom stereocenters. The molecule has 6 nitrogen and oxygen atoms in total. The molecule has 3 rings (SSSR count). The van der Waals surface area contributed by atoms with Crippen LogP contribution in [0.2, 0.25) is 0 Å². The molecule has 7 heteroatoms. The first-order chi connectivity index (χ1) is 12.1. The monoisotopic (exact) mass is 357 g/mol. The van der Waals surface area contributed by atoms with Crippen LogP contribution in [0.25, 0.3) is 0 Å². The lowest BCUT2D eigenvalue weighted by molar-refractivity contribution is -0.127. The van der Waals surface area contributed by atoms with Crippen LogP contribution >= 0.6 is 11.8 Å². The van der Waals surface area contributed by atoms with E-state index < -0.39 is 0 Å². The van der Waals surface area contributed by atoms with Crippen LogP contribution in [0.1, 0.15) is 12.2 Å². The second-order valence-electron chi connectivity index (χ2n) is 6.20. The number of likely N-dealkylation sites (tertiary alicyclic amines) is 1. The van der Waals surface area contributed by atoms with Gasteiger partial charge in [0, 0.05) is 30.2 Å². The van der Waals surface area contributed by atoms with Gasteiger partial charge in [-0.15, -0.1) is 11.8 Å². The van der Waals surface area contributed by atoms with Crippen molar-refractivity contribution in [2.45, 2.75) is 23.9 Å². The van der Waals surface area contributed by atoms with Gasteiger partial charge in [-0.1, -0.05) is 18.2 Å². The average Bonchev–Trinajstić information content (AvgIpc) is 3.11. The molecule has 1 aliphatic rings. The number of thioether (sulfide) groups is 1. The van der Waals surface area contributed by atoms with Gasteiger partial charge in [-0.25, -0.2) is 9.97 Å². The van der Waals surface area contributed by atoms with E-state index in [2.05, 4.69) is 14.9 Å². The predicted octanol–water partition coefficient (Wildman–Crippen LogP) is 1.88. The molecule has 2 heterocycles. The number of carbonyl (C=O) groups excluding carboxylic acids is 1. The Morgan fingerprint density at radius 3 is 2.92 bits per heavy atom. The van der Waals surface area contributed by atoms with Gasteiger partial charge in [-0.3, -0.25) is 9.69 Å². The molecule has 1 amide bonds. The number of amides is 1. The summed E-state index contributed by atoms with van der Waals surface area (Å²) in [5, 5.41) is 0. The van der Waals surface area contributed by atoms with Gasteiger partial charge in [0.05, 0.1) is 12.3 Å². The number of nitrogens with two attached hydrogens (primary N) is 1. The molecule has 0 aliphatic carbocycles. The van der Waals surface area contributed by atoms with Crippen LogP contribution in [0.4, 0.5) is 5.82 Å². The number of nitrogen functional groups attached to an aromatic ring is 1. The summed E-state index contributed by atoms with van der Waals surface area (Å²) in [6.45, 7) is 2.20. The second kappa shape index (κ2) is 8.31. The molecule has 0 radical (unpaired) electrons. The van der Waals surface area contributed by atoms with E-state index in [1.807, 2.05) is 42.3 Å². The largest absolute Gasteiger partial charge is 0.384 e. The number of likely N-dealkylation sites (N-methyl/N-ethyl adjacent to an activating group) is 1. The van der Waals surface area contributed by atoms with Crippen molar-refractivity contribution in [3.05, 3.63) is 48.4 Å². The Morgan fingerprint density at radius 2 is 2.16 bits per heavy atom. The predicted molar refractivity (Wildman–Crippen MR) is 100 cm³/mol. The van der Waals surface area contributed by atoms with E-state index in [1.165, 1.54) is 0 Å². The molecule has 25 heavy (non-hydrogen) atoms. The lowest BCUT2D eigenvalue weighted by Crippen LogP contribution is -2.37. The molecule has 0 bridgehead atoms. The standard InChI is InChI=1S/C18H23N5OS/c1-22(12-17-20-9-7-16(19)21-17)14-8-10-23(11-14)18(24)13-25-15-5-3-2-4-6-15/h2-7,9,14H,8,10-13H2,1H3,(H2,19,20,21). The van der Waals surface area contributed by atoms with Gasteiger partial charge < -0.3 is 10.6 Å². The summed E-state index contributed by atoms with van der Waals surface area (Å²) in [5.41, 5.74) is 5.71.